The van der Waals surface area contributed by atoms with Crippen LogP contribution in [0.4, 0.5) is 0 Å². The summed E-state index contributed by atoms with van der Waals surface area (Å²) in [6.45, 7) is 7.77. The van der Waals surface area contributed by atoms with Crippen LogP contribution in [0.15, 0.2) is 30.3 Å². The highest BCUT2D eigenvalue weighted by atomic mass is 16.2. The van der Waals surface area contributed by atoms with E-state index in [-0.39, 0.29) is 11.7 Å². The summed E-state index contributed by atoms with van der Waals surface area (Å²) in [4.78, 5) is 32.4. The predicted octanol–water partition coefficient (Wildman–Crippen LogP) is 3.61. The van der Waals surface area contributed by atoms with Crippen molar-refractivity contribution in [2.75, 3.05) is 26.7 Å². The molecule has 2 heterocycles. The van der Waals surface area contributed by atoms with Crippen LogP contribution in [-0.2, 0) is 6.42 Å². The molecule has 5 heteroatoms. The Balaban J connectivity index is 1.66. The van der Waals surface area contributed by atoms with Gasteiger partial charge in [-0.15, -0.1) is 0 Å². The maximum absolute atomic E-state index is 13.2. The lowest BCUT2D eigenvalue weighted by Crippen LogP contribution is -2.49. The molecule has 1 fully saturated rings. The van der Waals surface area contributed by atoms with Crippen LogP contribution in [0.3, 0.4) is 0 Å². The van der Waals surface area contributed by atoms with Crippen molar-refractivity contribution in [3.8, 4) is 0 Å². The molecule has 0 spiro atoms. The number of carbonyl (C=O) groups is 2. The Hall–Kier alpha value is -2.40. The number of carbonyl (C=O) groups excluding carboxylic acids is 2. The van der Waals surface area contributed by atoms with Gasteiger partial charge in [-0.3, -0.25) is 9.59 Å². The number of nitrogens with zero attached hydrogens (tertiary/aromatic N) is 2. The van der Waals surface area contributed by atoms with Crippen molar-refractivity contribution in [3.05, 3.63) is 58.4 Å². The number of Topliss-reactive ketones (excluding diaryl/α,β-unsaturated/α-hetero) is 1. The summed E-state index contributed by atoms with van der Waals surface area (Å²) in [5.74, 6) is 0.0109. The second-order valence-electron chi connectivity index (χ2n) is 7.94. The van der Waals surface area contributed by atoms with E-state index in [1.807, 2.05) is 24.8 Å². The van der Waals surface area contributed by atoms with E-state index in [0.717, 1.165) is 50.2 Å². The monoisotopic (exact) mass is 381 g/mol. The summed E-state index contributed by atoms with van der Waals surface area (Å²) < 4.78 is 0. The fourth-order valence-electron chi connectivity index (χ4n) is 4.21. The van der Waals surface area contributed by atoms with Gasteiger partial charge in [0.1, 0.15) is 0 Å². The Morgan fingerprint density at radius 1 is 1.21 bits per heavy atom. The van der Waals surface area contributed by atoms with E-state index in [9.17, 15) is 9.59 Å². The highest BCUT2D eigenvalue weighted by Crippen LogP contribution is 2.23. The fraction of sp³-hybridized carbons (Fsp3) is 0.478. The maximum Gasteiger partial charge on any atom is 0.256 e. The Kier molecular flexibility index (Phi) is 6.35. The predicted molar refractivity (Wildman–Crippen MR) is 112 cm³/mol. The van der Waals surface area contributed by atoms with Crippen molar-refractivity contribution >= 4 is 11.7 Å². The number of hydrogen-bond acceptors (Lipinski definition) is 3. The number of piperidine rings is 1. The number of benzene rings is 1. The SMILES string of the molecule is CC(=O)c1[nH]c(C)c(C(=O)N2CCCC(N(C)CCc3ccccc3)C2)c1C. The van der Waals surface area contributed by atoms with Gasteiger partial charge in [-0.2, -0.15) is 0 Å². The lowest BCUT2D eigenvalue weighted by molar-refractivity contribution is 0.0610. The van der Waals surface area contributed by atoms with Crippen LogP contribution in [-0.4, -0.2) is 59.2 Å². The van der Waals surface area contributed by atoms with E-state index in [1.165, 1.54) is 12.5 Å². The van der Waals surface area contributed by atoms with Gasteiger partial charge in [0.15, 0.2) is 5.78 Å². The van der Waals surface area contributed by atoms with Crippen molar-refractivity contribution in [3.63, 3.8) is 0 Å². The number of H-pyrrole nitrogens is 1. The van der Waals surface area contributed by atoms with Gasteiger partial charge in [-0.05, 0) is 51.3 Å². The van der Waals surface area contributed by atoms with Crippen LogP contribution in [0, 0.1) is 13.8 Å². The number of nitrogens with one attached hydrogen (secondary N) is 1. The van der Waals surface area contributed by atoms with Gasteiger partial charge >= 0.3 is 0 Å². The van der Waals surface area contributed by atoms with Crippen LogP contribution < -0.4 is 0 Å². The third-order valence-corrected chi connectivity index (χ3v) is 5.91. The number of likely N-dealkylation sites (N-methyl/N-ethyl adjacent to an activating group) is 1. The molecule has 1 amide bonds. The molecule has 0 aliphatic carbocycles. The van der Waals surface area contributed by atoms with Crippen molar-refractivity contribution in [1.82, 2.24) is 14.8 Å². The maximum atomic E-state index is 13.2. The van der Waals surface area contributed by atoms with E-state index in [0.29, 0.717) is 17.3 Å². The number of aryl methyl sites for hydroxylation is 1. The van der Waals surface area contributed by atoms with E-state index >= 15 is 0 Å². The van der Waals surface area contributed by atoms with Gasteiger partial charge < -0.3 is 14.8 Å². The molecule has 28 heavy (non-hydrogen) atoms. The summed E-state index contributed by atoms with van der Waals surface area (Å²) >= 11 is 0. The zero-order valence-corrected chi connectivity index (χ0v) is 17.4. The molecule has 1 N–H and O–H groups in total. The smallest absolute Gasteiger partial charge is 0.256 e. The standard InChI is InChI=1S/C23H31N3O2/c1-16-21(17(2)24-22(16)18(3)27)23(28)26-13-8-11-20(15-26)25(4)14-12-19-9-6-5-7-10-19/h5-7,9-10,20,24H,8,11-15H2,1-4H3. The van der Waals surface area contributed by atoms with Gasteiger partial charge in [0.25, 0.3) is 5.91 Å². The zero-order valence-electron chi connectivity index (χ0n) is 17.4. The number of likely N-dealkylation sites (tertiary alicyclic amines) is 1. The van der Waals surface area contributed by atoms with E-state index in [4.69, 9.17) is 0 Å². The van der Waals surface area contributed by atoms with Crippen molar-refractivity contribution in [1.29, 1.82) is 0 Å². The second-order valence-corrected chi connectivity index (χ2v) is 7.94. The third kappa shape index (κ3) is 4.36. The molecule has 0 radical (unpaired) electrons. The molecule has 1 unspecified atom stereocenters. The average molecular weight is 382 g/mol. The highest BCUT2D eigenvalue weighted by Gasteiger charge is 2.30. The minimum Gasteiger partial charge on any atom is -0.355 e. The number of ketones is 1. The molecule has 0 bridgehead atoms. The van der Waals surface area contributed by atoms with Crippen LogP contribution in [0.1, 0.15) is 57.4 Å². The lowest BCUT2D eigenvalue weighted by Gasteiger charge is -2.38. The summed E-state index contributed by atoms with van der Waals surface area (Å²) in [5, 5.41) is 0. The first-order valence-electron chi connectivity index (χ1n) is 10.1. The quantitative estimate of drug-likeness (QED) is 0.778. The molecule has 5 nitrogen and oxygen atoms in total. The fourth-order valence-corrected chi connectivity index (χ4v) is 4.21. The molecule has 150 valence electrons. The number of aromatic nitrogens is 1. The Bertz CT molecular complexity index is 841. The normalized spacial score (nSPS) is 17.2. The van der Waals surface area contributed by atoms with E-state index in [2.05, 4.69) is 41.2 Å². The first-order chi connectivity index (χ1) is 13.4. The van der Waals surface area contributed by atoms with E-state index < -0.39 is 0 Å². The van der Waals surface area contributed by atoms with Crippen molar-refractivity contribution in [2.45, 2.75) is 46.1 Å². The van der Waals surface area contributed by atoms with Gasteiger partial charge in [-0.1, -0.05) is 30.3 Å². The average Bonchev–Trinajstić information content (AvgIpc) is 3.01. The van der Waals surface area contributed by atoms with Gasteiger partial charge in [-0.25, -0.2) is 0 Å². The van der Waals surface area contributed by atoms with Gasteiger partial charge in [0.2, 0.25) is 0 Å². The number of hydrogen-bond donors (Lipinski definition) is 1. The van der Waals surface area contributed by atoms with Crippen LogP contribution >= 0.6 is 0 Å². The molecule has 1 atom stereocenters. The Morgan fingerprint density at radius 3 is 2.57 bits per heavy atom. The third-order valence-electron chi connectivity index (χ3n) is 5.91. The van der Waals surface area contributed by atoms with Gasteiger partial charge in [0, 0.05) is 38.3 Å². The number of aromatic amines is 1. The molecule has 1 aromatic carbocycles. The minimum atomic E-state index is -0.0307. The van der Waals surface area contributed by atoms with Crippen molar-refractivity contribution < 1.29 is 9.59 Å². The van der Waals surface area contributed by atoms with Crippen LogP contribution in [0.5, 0.6) is 0 Å². The summed E-state index contributed by atoms with van der Waals surface area (Å²) in [6.07, 6.45) is 3.13. The first-order valence-corrected chi connectivity index (χ1v) is 10.1. The largest absolute Gasteiger partial charge is 0.355 e. The lowest BCUT2D eigenvalue weighted by atomic mass is 10.0. The summed E-state index contributed by atoms with van der Waals surface area (Å²) in [5.41, 5.74) is 4.11. The topological polar surface area (TPSA) is 56.4 Å². The Labute approximate surface area is 167 Å². The molecule has 1 aliphatic rings. The van der Waals surface area contributed by atoms with Crippen LogP contribution in [0.2, 0.25) is 0 Å². The Morgan fingerprint density at radius 2 is 1.93 bits per heavy atom. The molecule has 1 aliphatic heterocycles. The van der Waals surface area contributed by atoms with E-state index in [1.54, 1.807) is 0 Å². The second kappa shape index (κ2) is 8.74. The molecule has 0 saturated carbocycles. The summed E-state index contributed by atoms with van der Waals surface area (Å²) in [7, 11) is 2.15. The molecule has 1 saturated heterocycles. The summed E-state index contributed by atoms with van der Waals surface area (Å²) in [6, 6.07) is 10.9. The highest BCUT2D eigenvalue weighted by molar-refractivity contribution is 6.02. The van der Waals surface area contributed by atoms with Gasteiger partial charge in [0.05, 0.1) is 11.3 Å². The molecular formula is C23H31N3O2. The number of rotatable bonds is 6. The van der Waals surface area contributed by atoms with Crippen molar-refractivity contribution in [2.24, 2.45) is 0 Å². The first kappa shape index (κ1) is 20.3. The minimum absolute atomic E-state index is 0.0307. The molecule has 3 rings (SSSR count). The molecular weight excluding hydrogens is 350 g/mol. The van der Waals surface area contributed by atoms with Crippen LogP contribution in [0.25, 0.3) is 0 Å². The molecule has 1 aromatic heterocycles. The molecule has 2 aromatic rings. The number of amides is 1. The zero-order chi connectivity index (χ0) is 20.3.